The van der Waals surface area contributed by atoms with Crippen LogP contribution >= 0.6 is 0 Å². The first kappa shape index (κ1) is 18.2. The molecule has 2 amide bonds. The van der Waals surface area contributed by atoms with Gasteiger partial charge >= 0.3 is 6.09 Å². The fraction of sp³-hybridized carbons (Fsp3) is 0.350. The highest BCUT2D eigenvalue weighted by Gasteiger charge is 2.41. The number of carbonyl (C=O) groups is 2. The minimum Gasteiger partial charge on any atom is -0.506 e. The van der Waals surface area contributed by atoms with Crippen molar-refractivity contribution in [2.24, 2.45) is 0 Å². The van der Waals surface area contributed by atoms with Gasteiger partial charge in [0.1, 0.15) is 22.9 Å². The quantitative estimate of drug-likeness (QED) is 0.829. The maximum atomic E-state index is 14.2. The van der Waals surface area contributed by atoms with Gasteiger partial charge < -0.3 is 20.1 Å². The van der Waals surface area contributed by atoms with Crippen molar-refractivity contribution in [2.75, 3.05) is 19.6 Å². The molecule has 1 unspecified atom stereocenters. The summed E-state index contributed by atoms with van der Waals surface area (Å²) in [5.74, 6) is -0.963. The molecule has 8 heteroatoms. The zero-order valence-corrected chi connectivity index (χ0v) is 15.2. The number of nitrogens with one attached hydrogen (secondary N) is 1. The van der Waals surface area contributed by atoms with Crippen molar-refractivity contribution in [1.29, 1.82) is 0 Å². The van der Waals surface area contributed by atoms with E-state index in [-0.39, 0.29) is 22.9 Å². The van der Waals surface area contributed by atoms with Crippen molar-refractivity contribution < 1.29 is 23.8 Å². The van der Waals surface area contributed by atoms with Crippen molar-refractivity contribution in [3.63, 3.8) is 0 Å². The van der Waals surface area contributed by atoms with Crippen LogP contribution in [-0.4, -0.2) is 52.2 Å². The molecule has 4 rings (SSSR count). The van der Waals surface area contributed by atoms with Gasteiger partial charge in [-0.1, -0.05) is 0 Å². The van der Waals surface area contributed by atoms with Gasteiger partial charge in [0.2, 0.25) is 0 Å². The molecular weight excluding hydrogens is 365 g/mol. The van der Waals surface area contributed by atoms with E-state index in [2.05, 4.69) is 10.3 Å². The molecule has 2 aliphatic heterocycles. The van der Waals surface area contributed by atoms with Gasteiger partial charge in [0.15, 0.2) is 0 Å². The molecule has 2 fully saturated rings. The summed E-state index contributed by atoms with van der Waals surface area (Å²) in [5, 5.41) is 12.7. The second kappa shape index (κ2) is 7.10. The lowest BCUT2D eigenvalue weighted by Gasteiger charge is -2.25. The maximum Gasteiger partial charge on any atom is 0.407 e. The molecule has 0 saturated carbocycles. The molecule has 0 bridgehead atoms. The van der Waals surface area contributed by atoms with E-state index in [4.69, 9.17) is 4.74 Å². The van der Waals surface area contributed by atoms with Crippen LogP contribution in [-0.2, 0) is 4.74 Å². The summed E-state index contributed by atoms with van der Waals surface area (Å²) in [5.41, 5.74) is 0.174. The third-order valence-corrected chi connectivity index (χ3v) is 5.25. The normalized spacial score (nSPS) is 21.9. The van der Waals surface area contributed by atoms with Crippen LogP contribution in [0.5, 0.6) is 5.75 Å². The summed E-state index contributed by atoms with van der Waals surface area (Å²) in [4.78, 5) is 30.1. The lowest BCUT2D eigenvalue weighted by atomic mass is 9.95. The van der Waals surface area contributed by atoms with Crippen LogP contribution in [0.15, 0.2) is 36.5 Å². The Balaban J connectivity index is 1.57. The first-order valence-electron chi connectivity index (χ1n) is 9.17. The number of hydrogen-bond acceptors (Lipinski definition) is 5. The molecule has 1 aromatic heterocycles. The Hall–Kier alpha value is -3.16. The van der Waals surface area contributed by atoms with E-state index in [1.165, 1.54) is 30.5 Å². The largest absolute Gasteiger partial charge is 0.506 e. The van der Waals surface area contributed by atoms with Gasteiger partial charge in [0.25, 0.3) is 5.91 Å². The standard InChI is InChI=1S/C20H20FN3O4/c21-15-10-13(17-16(25)3-1-6-22-17)9-14(11-15)18(26)24-7-2-4-20(5-8-24)12-23-19(27)28-20/h1,3,6,9-11,25H,2,4-5,7-8,12H2,(H,23,27). The highest BCUT2D eigenvalue weighted by molar-refractivity contribution is 5.95. The predicted octanol–water partition coefficient (Wildman–Crippen LogP) is 2.70. The number of carbonyl (C=O) groups excluding carboxylic acids is 2. The van der Waals surface area contributed by atoms with Gasteiger partial charge in [0, 0.05) is 36.8 Å². The molecule has 1 spiro atoms. The summed E-state index contributed by atoms with van der Waals surface area (Å²) < 4.78 is 19.6. The third-order valence-electron chi connectivity index (χ3n) is 5.25. The second-order valence-electron chi connectivity index (χ2n) is 7.17. The van der Waals surface area contributed by atoms with Crippen LogP contribution in [0.4, 0.5) is 9.18 Å². The molecule has 0 radical (unpaired) electrons. The highest BCUT2D eigenvalue weighted by Crippen LogP contribution is 2.31. The Morgan fingerprint density at radius 2 is 2.14 bits per heavy atom. The number of aromatic nitrogens is 1. The van der Waals surface area contributed by atoms with E-state index < -0.39 is 17.5 Å². The second-order valence-corrected chi connectivity index (χ2v) is 7.17. The lowest BCUT2D eigenvalue weighted by Crippen LogP contribution is -2.36. The topological polar surface area (TPSA) is 91.8 Å². The molecule has 1 atom stereocenters. The van der Waals surface area contributed by atoms with Crippen LogP contribution in [0.1, 0.15) is 29.6 Å². The predicted molar refractivity (Wildman–Crippen MR) is 98.3 cm³/mol. The van der Waals surface area contributed by atoms with Gasteiger partial charge in [-0.15, -0.1) is 0 Å². The summed E-state index contributed by atoms with van der Waals surface area (Å²) in [7, 11) is 0. The van der Waals surface area contributed by atoms with Crippen LogP contribution in [0.25, 0.3) is 11.3 Å². The number of alkyl carbamates (subject to hydrolysis) is 1. The summed E-state index contributed by atoms with van der Waals surface area (Å²) in [6, 6.07) is 6.98. The first-order valence-corrected chi connectivity index (χ1v) is 9.17. The zero-order chi connectivity index (χ0) is 19.7. The number of rotatable bonds is 2. The summed E-state index contributed by atoms with van der Waals surface area (Å²) in [6.45, 7) is 1.35. The molecule has 1 aromatic carbocycles. The molecule has 7 nitrogen and oxygen atoms in total. The molecule has 2 aromatic rings. The number of ether oxygens (including phenoxy) is 1. The van der Waals surface area contributed by atoms with Gasteiger partial charge in [-0.25, -0.2) is 9.18 Å². The number of aromatic hydroxyl groups is 1. The lowest BCUT2D eigenvalue weighted by molar-refractivity contribution is 0.0438. The maximum absolute atomic E-state index is 14.2. The minimum atomic E-state index is -0.578. The van der Waals surface area contributed by atoms with Crippen LogP contribution in [0.3, 0.4) is 0 Å². The van der Waals surface area contributed by atoms with Gasteiger partial charge in [0.05, 0.1) is 6.54 Å². The highest BCUT2D eigenvalue weighted by atomic mass is 19.1. The van der Waals surface area contributed by atoms with Gasteiger partial charge in [-0.05, 0) is 43.2 Å². The van der Waals surface area contributed by atoms with Crippen LogP contribution in [0, 0.1) is 5.82 Å². The van der Waals surface area contributed by atoms with E-state index in [9.17, 15) is 19.1 Å². The fourth-order valence-corrected chi connectivity index (χ4v) is 3.80. The van der Waals surface area contributed by atoms with Gasteiger partial charge in [-0.3, -0.25) is 9.78 Å². The Morgan fingerprint density at radius 1 is 1.29 bits per heavy atom. The summed E-state index contributed by atoms with van der Waals surface area (Å²) in [6.07, 6.45) is 2.95. The van der Waals surface area contributed by atoms with Crippen LogP contribution in [0.2, 0.25) is 0 Å². The Kier molecular flexibility index (Phi) is 4.62. The number of benzene rings is 1. The molecule has 0 aliphatic carbocycles. The minimum absolute atomic E-state index is 0.0845. The van der Waals surface area contributed by atoms with E-state index in [1.807, 2.05) is 0 Å². The van der Waals surface area contributed by atoms with E-state index in [0.717, 1.165) is 0 Å². The zero-order valence-electron chi connectivity index (χ0n) is 15.2. The van der Waals surface area contributed by atoms with E-state index in [0.29, 0.717) is 44.5 Å². The molecular formula is C20H20FN3O4. The average Bonchev–Trinajstić information content (AvgIpc) is 2.91. The Morgan fingerprint density at radius 3 is 2.89 bits per heavy atom. The molecule has 3 heterocycles. The molecule has 2 N–H and O–H groups in total. The first-order chi connectivity index (χ1) is 13.5. The van der Waals surface area contributed by atoms with Crippen molar-refractivity contribution in [1.82, 2.24) is 15.2 Å². The third kappa shape index (κ3) is 3.49. The fourth-order valence-electron chi connectivity index (χ4n) is 3.80. The molecule has 28 heavy (non-hydrogen) atoms. The van der Waals surface area contributed by atoms with Crippen molar-refractivity contribution in [2.45, 2.75) is 24.9 Å². The Labute approximate surface area is 161 Å². The number of hydrogen-bond donors (Lipinski definition) is 2. The average molecular weight is 385 g/mol. The SMILES string of the molecule is O=C1NCC2(CCCN(C(=O)c3cc(F)cc(-c4ncccc4O)c3)CC2)O1. The number of amides is 2. The number of likely N-dealkylation sites (tertiary alicyclic amines) is 1. The van der Waals surface area contributed by atoms with Crippen molar-refractivity contribution >= 4 is 12.0 Å². The number of nitrogens with zero attached hydrogens (tertiary/aromatic N) is 2. The smallest absolute Gasteiger partial charge is 0.407 e. The Bertz CT molecular complexity index is 935. The molecule has 2 saturated heterocycles. The summed E-state index contributed by atoms with van der Waals surface area (Å²) >= 11 is 0. The molecule has 2 aliphatic rings. The van der Waals surface area contributed by atoms with Crippen LogP contribution < -0.4 is 5.32 Å². The number of halogens is 1. The van der Waals surface area contributed by atoms with E-state index >= 15 is 0 Å². The monoisotopic (exact) mass is 385 g/mol. The van der Waals surface area contributed by atoms with Crippen molar-refractivity contribution in [3.05, 3.63) is 47.9 Å². The van der Waals surface area contributed by atoms with Gasteiger partial charge in [-0.2, -0.15) is 0 Å². The molecule has 146 valence electrons. The van der Waals surface area contributed by atoms with Crippen molar-refractivity contribution in [3.8, 4) is 17.0 Å². The number of pyridine rings is 1. The van der Waals surface area contributed by atoms with E-state index in [1.54, 1.807) is 11.0 Å².